The summed E-state index contributed by atoms with van der Waals surface area (Å²) in [4.78, 5) is 39.9. The van der Waals surface area contributed by atoms with Crippen molar-refractivity contribution in [1.82, 2.24) is 5.32 Å². The standard InChI is InChI=1S/C37H41N3O9/c1-2-47-37-26(15-17-45-19-20-46-18-16-41)28(29-23-48-32-10-6-3-7-27(32)34(29)42)21-33(49-37)36(44)39-22-24-11-13-25(14-12-24)35(43)40-31-9-5-4-8-30(31)38/h3-14,21,23,26,28,37,41H,2,15-20,22,38H2,1H3,(H,39,44)(H,40,43)/t26-,28+,37-/m0/s1. The van der Waals surface area contributed by atoms with Crippen LogP contribution in [0.15, 0.2) is 100 Å². The summed E-state index contributed by atoms with van der Waals surface area (Å²) in [6, 6.07) is 20.8. The van der Waals surface area contributed by atoms with Gasteiger partial charge in [-0.05, 0) is 61.4 Å². The first-order chi connectivity index (χ1) is 23.9. The minimum absolute atomic E-state index is 0.0158. The number of hydrogen-bond acceptors (Lipinski definition) is 10. The number of nitrogens with one attached hydrogen (secondary N) is 2. The Kier molecular flexibility index (Phi) is 12.5. The van der Waals surface area contributed by atoms with Gasteiger partial charge >= 0.3 is 0 Å². The average Bonchev–Trinajstić information content (AvgIpc) is 3.12. The fourth-order valence-corrected chi connectivity index (χ4v) is 5.57. The molecule has 12 heteroatoms. The molecule has 5 rings (SSSR count). The van der Waals surface area contributed by atoms with E-state index in [1.165, 1.54) is 6.26 Å². The Hall–Kier alpha value is -5.01. The number of carbonyl (C=O) groups is 2. The molecule has 2 heterocycles. The fraction of sp³-hybridized carbons (Fsp3) is 0.324. The van der Waals surface area contributed by atoms with Crippen molar-refractivity contribution in [2.24, 2.45) is 5.92 Å². The second-order valence-electron chi connectivity index (χ2n) is 11.3. The minimum Gasteiger partial charge on any atom is -0.464 e. The molecule has 1 aliphatic heterocycles. The highest BCUT2D eigenvalue weighted by Gasteiger charge is 2.39. The molecule has 3 atom stereocenters. The first-order valence-electron chi connectivity index (χ1n) is 16.2. The highest BCUT2D eigenvalue weighted by molar-refractivity contribution is 6.05. The lowest BCUT2D eigenvalue weighted by atomic mass is 9.81. The smallest absolute Gasteiger partial charge is 0.286 e. The van der Waals surface area contributed by atoms with Crippen molar-refractivity contribution in [3.05, 3.63) is 118 Å². The molecule has 3 aromatic carbocycles. The van der Waals surface area contributed by atoms with E-state index in [1.54, 1.807) is 78.9 Å². The lowest BCUT2D eigenvalue weighted by molar-refractivity contribution is -0.168. The number of rotatable bonds is 16. The molecule has 1 aromatic heterocycles. The van der Waals surface area contributed by atoms with Gasteiger partial charge in [0.2, 0.25) is 6.29 Å². The summed E-state index contributed by atoms with van der Waals surface area (Å²) in [7, 11) is 0. The highest BCUT2D eigenvalue weighted by Crippen LogP contribution is 2.38. The first kappa shape index (κ1) is 35.3. The van der Waals surface area contributed by atoms with Crippen molar-refractivity contribution in [1.29, 1.82) is 0 Å². The van der Waals surface area contributed by atoms with E-state index >= 15 is 0 Å². The molecule has 0 spiro atoms. The van der Waals surface area contributed by atoms with Gasteiger partial charge in [0.05, 0.1) is 49.5 Å². The Labute approximate surface area is 283 Å². The van der Waals surface area contributed by atoms with Crippen molar-refractivity contribution in [2.45, 2.75) is 32.1 Å². The van der Waals surface area contributed by atoms with Crippen molar-refractivity contribution < 1.29 is 38.1 Å². The highest BCUT2D eigenvalue weighted by atomic mass is 16.7. The van der Waals surface area contributed by atoms with E-state index in [1.807, 2.05) is 6.92 Å². The molecule has 0 fully saturated rings. The molecule has 5 N–H and O–H groups in total. The summed E-state index contributed by atoms with van der Waals surface area (Å²) in [6.07, 6.45) is 2.68. The monoisotopic (exact) mass is 671 g/mol. The maximum atomic E-state index is 13.7. The van der Waals surface area contributed by atoms with Crippen LogP contribution >= 0.6 is 0 Å². The van der Waals surface area contributed by atoms with Crippen LogP contribution in [-0.4, -0.2) is 62.9 Å². The molecule has 258 valence electrons. The Morgan fingerprint density at radius 1 is 0.918 bits per heavy atom. The van der Waals surface area contributed by atoms with E-state index in [9.17, 15) is 14.4 Å². The molecule has 0 saturated carbocycles. The zero-order valence-corrected chi connectivity index (χ0v) is 27.3. The van der Waals surface area contributed by atoms with E-state index < -0.39 is 18.1 Å². The van der Waals surface area contributed by atoms with E-state index in [2.05, 4.69) is 10.6 Å². The van der Waals surface area contributed by atoms with Crippen molar-refractivity contribution in [2.75, 3.05) is 50.7 Å². The second-order valence-corrected chi connectivity index (χ2v) is 11.3. The molecule has 0 bridgehead atoms. The van der Waals surface area contributed by atoms with Crippen LogP contribution in [0.2, 0.25) is 0 Å². The molecule has 4 aromatic rings. The maximum Gasteiger partial charge on any atom is 0.286 e. The number of anilines is 2. The van der Waals surface area contributed by atoms with Gasteiger partial charge in [-0.2, -0.15) is 0 Å². The molecule has 0 aliphatic carbocycles. The molecule has 2 amide bonds. The van der Waals surface area contributed by atoms with E-state index in [0.717, 1.165) is 5.56 Å². The van der Waals surface area contributed by atoms with Gasteiger partial charge in [0.15, 0.2) is 11.2 Å². The van der Waals surface area contributed by atoms with Crippen LogP contribution in [-0.2, 0) is 30.3 Å². The first-order valence-corrected chi connectivity index (χ1v) is 16.2. The largest absolute Gasteiger partial charge is 0.464 e. The maximum absolute atomic E-state index is 13.7. The molecule has 0 radical (unpaired) electrons. The van der Waals surface area contributed by atoms with Gasteiger partial charge in [0.1, 0.15) is 5.58 Å². The molecule has 0 saturated heterocycles. The van der Waals surface area contributed by atoms with Crippen LogP contribution in [0.25, 0.3) is 11.0 Å². The fourth-order valence-electron chi connectivity index (χ4n) is 5.57. The minimum atomic E-state index is -0.850. The summed E-state index contributed by atoms with van der Waals surface area (Å²) in [5, 5.41) is 15.0. The Morgan fingerprint density at radius 2 is 1.65 bits per heavy atom. The summed E-state index contributed by atoms with van der Waals surface area (Å²) in [6.45, 7) is 3.43. The molecule has 12 nitrogen and oxygen atoms in total. The average molecular weight is 672 g/mol. The normalized spacial score (nSPS) is 17.3. The number of nitrogens with two attached hydrogens (primary N) is 1. The van der Waals surface area contributed by atoms with Gasteiger partial charge in [-0.25, -0.2) is 0 Å². The van der Waals surface area contributed by atoms with Gasteiger partial charge in [0, 0.05) is 42.7 Å². The Balaban J connectivity index is 1.32. The van der Waals surface area contributed by atoms with Crippen molar-refractivity contribution >= 4 is 34.2 Å². The van der Waals surface area contributed by atoms with E-state index in [0.29, 0.717) is 66.3 Å². The zero-order valence-electron chi connectivity index (χ0n) is 27.3. The van der Waals surface area contributed by atoms with Crippen LogP contribution in [0.5, 0.6) is 0 Å². The van der Waals surface area contributed by atoms with Gasteiger partial charge in [-0.3, -0.25) is 14.4 Å². The summed E-state index contributed by atoms with van der Waals surface area (Å²) >= 11 is 0. The topological polar surface area (TPSA) is 172 Å². The number of fused-ring (bicyclic) bond motifs is 1. The third-order valence-corrected chi connectivity index (χ3v) is 8.09. The lowest BCUT2D eigenvalue weighted by Gasteiger charge is -2.36. The second kappa shape index (κ2) is 17.4. The van der Waals surface area contributed by atoms with Crippen LogP contribution in [0.3, 0.4) is 0 Å². The van der Waals surface area contributed by atoms with Gasteiger partial charge in [-0.1, -0.05) is 36.4 Å². The third kappa shape index (κ3) is 9.12. The van der Waals surface area contributed by atoms with Crippen molar-refractivity contribution in [3.63, 3.8) is 0 Å². The number of aliphatic hydroxyl groups is 1. The number of nitrogen functional groups attached to an aromatic ring is 1. The van der Waals surface area contributed by atoms with Crippen LogP contribution < -0.4 is 21.8 Å². The van der Waals surface area contributed by atoms with E-state index in [-0.39, 0.29) is 42.8 Å². The quantitative estimate of drug-likeness (QED) is 0.0993. The van der Waals surface area contributed by atoms with Gasteiger partial charge in [-0.15, -0.1) is 0 Å². The SMILES string of the molecule is CCO[C@H]1OC(C(=O)NCc2ccc(C(=O)Nc3ccccc3N)cc2)=C[C@@H](c2coc3ccccc3c2=O)[C@@H]1CCOCCOCCO. The molecular weight excluding hydrogens is 630 g/mol. The summed E-state index contributed by atoms with van der Waals surface area (Å²) in [5.74, 6) is -1.75. The number of ether oxygens (including phenoxy) is 4. The zero-order chi connectivity index (χ0) is 34.6. The van der Waals surface area contributed by atoms with Gasteiger partial charge in [0.25, 0.3) is 11.8 Å². The van der Waals surface area contributed by atoms with Crippen LogP contribution in [0, 0.1) is 5.92 Å². The van der Waals surface area contributed by atoms with Crippen LogP contribution in [0.1, 0.15) is 40.7 Å². The van der Waals surface area contributed by atoms with Crippen LogP contribution in [0.4, 0.5) is 11.4 Å². The molecular formula is C37H41N3O9. The predicted octanol–water partition coefficient (Wildman–Crippen LogP) is 4.34. The molecule has 1 aliphatic rings. The van der Waals surface area contributed by atoms with E-state index in [4.69, 9.17) is 34.2 Å². The lowest BCUT2D eigenvalue weighted by Crippen LogP contribution is -2.40. The number of amides is 2. The number of carbonyl (C=O) groups excluding carboxylic acids is 2. The third-order valence-electron chi connectivity index (χ3n) is 8.09. The van der Waals surface area contributed by atoms with Crippen molar-refractivity contribution in [3.8, 4) is 0 Å². The predicted molar refractivity (Wildman–Crippen MR) is 184 cm³/mol. The summed E-state index contributed by atoms with van der Waals surface area (Å²) < 4.78 is 29.0. The number of hydrogen-bond donors (Lipinski definition) is 4. The van der Waals surface area contributed by atoms with Gasteiger partial charge < -0.3 is 44.8 Å². The Bertz CT molecular complexity index is 1810. The molecule has 49 heavy (non-hydrogen) atoms. The number of benzene rings is 3. The number of aliphatic hydroxyl groups excluding tert-OH is 1. The summed E-state index contributed by atoms with van der Waals surface area (Å²) in [5.41, 5.74) is 8.74. The number of para-hydroxylation sites is 3. The number of allylic oxidation sites excluding steroid dienone is 1. The Morgan fingerprint density at radius 3 is 2.41 bits per heavy atom. The molecule has 0 unspecified atom stereocenters.